The van der Waals surface area contributed by atoms with E-state index >= 15 is 0 Å². The molecule has 2 heteroatoms. The molecule has 0 amide bonds. The summed E-state index contributed by atoms with van der Waals surface area (Å²) in [7, 11) is -0.894. The van der Waals surface area contributed by atoms with Crippen LogP contribution in [0.25, 0.3) is 0 Å². The van der Waals surface area contributed by atoms with Gasteiger partial charge >= 0.3 is 0 Å². The van der Waals surface area contributed by atoms with Gasteiger partial charge in [-0.2, -0.15) is 0 Å². The predicted octanol–water partition coefficient (Wildman–Crippen LogP) is 13.3. The summed E-state index contributed by atoms with van der Waals surface area (Å²) in [6, 6.07) is 89.0. The molecule has 0 aliphatic heterocycles. The van der Waals surface area contributed by atoms with Gasteiger partial charge in [0.05, 0.1) is 7.92 Å². The van der Waals surface area contributed by atoms with Gasteiger partial charge < -0.3 is 7.43 Å². The van der Waals surface area contributed by atoms with Crippen LogP contribution in [0.1, 0.15) is 18.6 Å². The van der Waals surface area contributed by atoms with Crippen LogP contribution < -0.4 is 15.9 Å². The first-order valence-corrected chi connectivity index (χ1v) is 18.8. The van der Waals surface area contributed by atoms with Crippen molar-refractivity contribution in [1.29, 1.82) is 0 Å². The van der Waals surface area contributed by atoms with E-state index in [1.54, 1.807) is 0 Å². The molecular weight excluding hydrogens is 762 g/mol. The fraction of sp³-hybridized carbons (Fsp3) is 0.0577. The molecule has 0 atom stereocenters. The van der Waals surface area contributed by atoms with Crippen LogP contribution in [-0.2, 0) is 20.4 Å². The molecule has 0 nitrogen and oxygen atoms in total. The molecule has 54 heavy (non-hydrogen) atoms. The van der Waals surface area contributed by atoms with Gasteiger partial charge in [0.2, 0.25) is 0 Å². The first kappa shape index (κ1) is 48.9. The minimum Gasteiger partial charge on any atom is -0.358 e. The van der Waals surface area contributed by atoms with E-state index in [1.165, 1.54) is 27.0 Å². The molecule has 0 bridgehead atoms. The summed E-state index contributed by atoms with van der Waals surface area (Å²) in [5.74, 6) is 0. The fourth-order valence-electron chi connectivity index (χ4n) is 4.50. The van der Waals surface area contributed by atoms with E-state index in [0.717, 1.165) is 0 Å². The quantitative estimate of drug-likeness (QED) is 0.0946. The zero-order valence-corrected chi connectivity index (χ0v) is 33.7. The Bertz CT molecular complexity index is 1580. The Morgan fingerprint density at radius 3 is 0.611 bits per heavy atom. The first-order chi connectivity index (χ1) is 25.2. The number of hydrogen-bond acceptors (Lipinski definition) is 0. The Kier molecular flexibility index (Phi) is 30.5. The second-order valence-corrected chi connectivity index (χ2v) is 13.7. The van der Waals surface area contributed by atoms with Crippen LogP contribution in [0.4, 0.5) is 0 Å². The second kappa shape index (κ2) is 33.7. The zero-order valence-electron chi connectivity index (χ0n) is 31.1. The third-order valence-corrected chi connectivity index (χ3v) is 9.80. The van der Waals surface area contributed by atoms with Gasteiger partial charge in [0.1, 0.15) is 15.9 Å². The van der Waals surface area contributed by atoms with E-state index in [9.17, 15) is 0 Å². The average Bonchev–Trinajstić information content (AvgIpc) is 3.24. The molecule has 8 aromatic carbocycles. The van der Waals surface area contributed by atoms with Crippen molar-refractivity contribution < 1.29 is 20.4 Å². The Morgan fingerprint density at radius 2 is 0.407 bits per heavy atom. The molecule has 0 heterocycles. The minimum absolute atomic E-state index is 0. The Balaban J connectivity index is 0.000000687. The molecule has 0 unspecified atom stereocenters. The fourth-order valence-corrected chi connectivity index (χ4v) is 7.06. The molecular formula is C52H57PPd. The molecule has 0 spiro atoms. The van der Waals surface area contributed by atoms with E-state index in [4.69, 9.17) is 0 Å². The van der Waals surface area contributed by atoms with Crippen molar-refractivity contribution in [3.05, 3.63) is 279 Å². The van der Waals surface area contributed by atoms with Gasteiger partial charge in [0.15, 0.2) is 0 Å². The molecule has 0 fully saturated rings. The Hall–Kier alpha value is -5.15. The number of hydrogen-bond donors (Lipinski definition) is 0. The summed E-state index contributed by atoms with van der Waals surface area (Å²) in [5, 5.41) is 4.32. The van der Waals surface area contributed by atoms with Gasteiger partial charge in [-0.25, -0.2) is 0 Å². The van der Waals surface area contributed by atoms with Crippen LogP contribution in [0.15, 0.2) is 261 Å². The molecule has 0 aromatic heterocycles. The number of aryl methyl sites for hydroxylation is 2. The summed E-state index contributed by atoms with van der Waals surface area (Å²) in [5.41, 5.74) is 2.64. The van der Waals surface area contributed by atoms with Crippen molar-refractivity contribution in [2.45, 2.75) is 21.3 Å². The maximum atomic E-state index is 2.28. The van der Waals surface area contributed by atoms with Crippen LogP contribution in [0.2, 0.25) is 0 Å². The van der Waals surface area contributed by atoms with E-state index in [2.05, 4.69) is 111 Å². The van der Waals surface area contributed by atoms with Crippen molar-refractivity contribution in [3.63, 3.8) is 0 Å². The Labute approximate surface area is 343 Å². The maximum absolute atomic E-state index is 2.28. The van der Waals surface area contributed by atoms with Gasteiger partial charge in [0.25, 0.3) is 0 Å². The van der Waals surface area contributed by atoms with Crippen molar-refractivity contribution in [3.8, 4) is 0 Å². The largest absolute Gasteiger partial charge is 0.358 e. The minimum atomic E-state index is -0.894. The normalized spacial score (nSPS) is 8.65. The van der Waals surface area contributed by atoms with E-state index in [0.29, 0.717) is 0 Å². The molecule has 0 saturated heterocycles. The molecule has 0 saturated carbocycles. The van der Waals surface area contributed by atoms with Gasteiger partial charge in [-0.05, 0) is 50.2 Å². The van der Waals surface area contributed by atoms with Crippen LogP contribution in [0, 0.1) is 21.3 Å². The monoisotopic (exact) mass is 818 g/mol. The molecule has 280 valence electrons. The maximum Gasteiger partial charge on any atom is 0.102 e. The molecule has 0 radical (unpaired) electrons. The van der Waals surface area contributed by atoms with Crippen molar-refractivity contribution in [2.75, 3.05) is 0 Å². The third-order valence-electron chi connectivity index (χ3n) is 7.07. The van der Waals surface area contributed by atoms with E-state index < -0.39 is 7.92 Å². The van der Waals surface area contributed by atoms with Gasteiger partial charge in [-0.1, -0.05) is 243 Å². The third kappa shape index (κ3) is 23.4. The standard InChI is InChI=1S/C19H17P.C7H8.4C6H6.CH4.CH3.Pd/c1-16-12-14-19(15-13-16)20(17-8-4-2-5-9-17)18-10-6-3-7-11-18;1-7-5-3-2-4-6-7;4*1-2-4-6-5-3-1;;;/h2-15H,1H3;2-6H,1H3;4*1-6H;1H4;1H3;/q;;;;;;;-1;/p+1. The van der Waals surface area contributed by atoms with Crippen molar-refractivity contribution in [2.24, 2.45) is 0 Å². The molecule has 0 N–H and O–H groups in total. The van der Waals surface area contributed by atoms with Crippen LogP contribution in [0.3, 0.4) is 0 Å². The second-order valence-electron chi connectivity index (χ2n) is 11.2. The van der Waals surface area contributed by atoms with Gasteiger partial charge in [-0.15, -0.1) is 0 Å². The predicted molar refractivity (Wildman–Crippen MR) is 241 cm³/mol. The van der Waals surface area contributed by atoms with Crippen LogP contribution in [0.5, 0.6) is 0 Å². The number of rotatable bonds is 3. The molecule has 0 aliphatic carbocycles. The summed E-state index contributed by atoms with van der Waals surface area (Å²) in [6.45, 7) is 4.22. The summed E-state index contributed by atoms with van der Waals surface area (Å²) in [4.78, 5) is 0. The topological polar surface area (TPSA) is 0 Å². The summed E-state index contributed by atoms with van der Waals surface area (Å²) in [6.07, 6.45) is 0. The molecule has 8 rings (SSSR count). The zero-order chi connectivity index (χ0) is 35.9. The van der Waals surface area contributed by atoms with Crippen LogP contribution >= 0.6 is 7.92 Å². The smallest absolute Gasteiger partial charge is 0.102 e. The SMILES string of the molecule is C.Cc1ccc([PH+](c2ccccc2)c2ccccc2)cc1.Cc1ccccc1.[CH3-].[Pd].c1ccccc1.c1ccccc1.c1ccccc1.c1ccccc1. The van der Waals surface area contributed by atoms with Gasteiger partial charge in [-0.3, -0.25) is 0 Å². The van der Waals surface area contributed by atoms with E-state index in [1.807, 2.05) is 164 Å². The van der Waals surface area contributed by atoms with Gasteiger partial charge in [0, 0.05) is 20.4 Å². The van der Waals surface area contributed by atoms with Crippen molar-refractivity contribution in [1.82, 2.24) is 0 Å². The molecule has 8 aromatic rings. The summed E-state index contributed by atoms with van der Waals surface area (Å²) >= 11 is 0. The first-order valence-electron chi connectivity index (χ1n) is 17.3. The molecule has 0 aliphatic rings. The summed E-state index contributed by atoms with van der Waals surface area (Å²) < 4.78 is 0. The van der Waals surface area contributed by atoms with Crippen molar-refractivity contribution >= 4 is 23.8 Å². The Morgan fingerprint density at radius 1 is 0.241 bits per heavy atom. The van der Waals surface area contributed by atoms with Crippen LogP contribution in [-0.4, -0.2) is 0 Å². The number of benzene rings is 8. The van der Waals surface area contributed by atoms with E-state index in [-0.39, 0.29) is 35.3 Å². The average molecular weight is 819 g/mol.